The maximum atomic E-state index is 12.8. The Kier molecular flexibility index (Phi) is 7.03. The van der Waals surface area contributed by atoms with Crippen LogP contribution in [0.1, 0.15) is 12.5 Å². The zero-order valence-corrected chi connectivity index (χ0v) is 17.3. The summed E-state index contributed by atoms with van der Waals surface area (Å²) < 4.78 is 38.9. The van der Waals surface area contributed by atoms with Crippen LogP contribution in [0.15, 0.2) is 59.6 Å². The van der Waals surface area contributed by atoms with Crippen LogP contribution >= 0.6 is 0 Å². The average molecular weight is 416 g/mol. The van der Waals surface area contributed by atoms with Crippen LogP contribution in [-0.2, 0) is 16.6 Å². The van der Waals surface area contributed by atoms with E-state index in [9.17, 15) is 8.42 Å². The van der Waals surface area contributed by atoms with Crippen molar-refractivity contribution in [1.82, 2.24) is 15.0 Å². The van der Waals surface area contributed by atoms with E-state index in [1.807, 2.05) is 31.2 Å². The van der Waals surface area contributed by atoms with Crippen molar-refractivity contribution in [3.8, 4) is 11.5 Å². The zero-order valence-electron chi connectivity index (χ0n) is 16.5. The van der Waals surface area contributed by atoms with E-state index in [1.54, 1.807) is 37.6 Å². The molecular weight excluding hydrogens is 390 g/mol. The summed E-state index contributed by atoms with van der Waals surface area (Å²) in [5, 5.41) is 3.77. The van der Waals surface area contributed by atoms with Gasteiger partial charge in [-0.3, -0.25) is 4.98 Å². The molecule has 0 saturated heterocycles. The van der Waals surface area contributed by atoms with Crippen LogP contribution in [0.3, 0.4) is 0 Å². The van der Waals surface area contributed by atoms with Crippen molar-refractivity contribution in [2.45, 2.75) is 18.4 Å². The van der Waals surface area contributed by atoms with Crippen molar-refractivity contribution in [2.75, 3.05) is 26.8 Å². The SMILES string of the molecule is CCOc1ccc(S(=O)(=O)NCCNCc2ccc(OC)cc2)c2cccnc12. The van der Waals surface area contributed by atoms with Crippen LogP contribution in [0, 0.1) is 0 Å². The van der Waals surface area contributed by atoms with Crippen molar-refractivity contribution in [2.24, 2.45) is 0 Å². The number of fused-ring (bicyclic) bond motifs is 1. The summed E-state index contributed by atoms with van der Waals surface area (Å²) in [5.41, 5.74) is 1.63. The van der Waals surface area contributed by atoms with E-state index < -0.39 is 10.0 Å². The van der Waals surface area contributed by atoms with Crippen LogP contribution in [0.2, 0.25) is 0 Å². The monoisotopic (exact) mass is 415 g/mol. The van der Waals surface area contributed by atoms with E-state index in [0.717, 1.165) is 11.3 Å². The predicted octanol–water partition coefficient (Wildman–Crippen LogP) is 2.71. The Morgan fingerprint density at radius 3 is 2.55 bits per heavy atom. The number of methoxy groups -OCH3 is 1. The molecule has 0 radical (unpaired) electrons. The van der Waals surface area contributed by atoms with E-state index in [2.05, 4.69) is 15.0 Å². The fraction of sp³-hybridized carbons (Fsp3) is 0.286. The standard InChI is InChI=1S/C21H25N3O4S/c1-3-28-19-10-11-20(18-5-4-12-23-21(18)19)29(25,26)24-14-13-22-15-16-6-8-17(27-2)9-7-16/h4-12,22,24H,3,13-15H2,1-2H3. The lowest BCUT2D eigenvalue weighted by atomic mass is 10.2. The lowest BCUT2D eigenvalue weighted by molar-refractivity contribution is 0.343. The molecule has 0 atom stereocenters. The number of aromatic nitrogens is 1. The summed E-state index contributed by atoms with van der Waals surface area (Å²) >= 11 is 0. The number of hydrogen-bond donors (Lipinski definition) is 2. The lowest BCUT2D eigenvalue weighted by Crippen LogP contribution is -2.31. The second kappa shape index (κ2) is 9.69. The second-order valence-electron chi connectivity index (χ2n) is 6.32. The first-order chi connectivity index (χ1) is 14.0. The molecule has 2 N–H and O–H groups in total. The first-order valence-corrected chi connectivity index (χ1v) is 10.9. The van der Waals surface area contributed by atoms with E-state index in [4.69, 9.17) is 9.47 Å². The number of rotatable bonds is 10. The van der Waals surface area contributed by atoms with Crippen LogP contribution in [-0.4, -0.2) is 40.2 Å². The van der Waals surface area contributed by atoms with Gasteiger partial charge in [0.05, 0.1) is 18.6 Å². The molecule has 7 nitrogen and oxygen atoms in total. The normalized spacial score (nSPS) is 11.5. The van der Waals surface area contributed by atoms with E-state index in [0.29, 0.717) is 36.3 Å². The van der Waals surface area contributed by atoms with Gasteiger partial charge in [0.15, 0.2) is 0 Å². The fourth-order valence-corrected chi connectivity index (χ4v) is 4.18. The predicted molar refractivity (Wildman–Crippen MR) is 113 cm³/mol. The molecule has 0 aliphatic heterocycles. The number of benzene rings is 2. The first kappa shape index (κ1) is 21.0. The number of nitrogens with zero attached hydrogens (tertiary/aromatic N) is 1. The van der Waals surface area contributed by atoms with Gasteiger partial charge in [0.1, 0.15) is 17.0 Å². The topological polar surface area (TPSA) is 89.6 Å². The van der Waals surface area contributed by atoms with Gasteiger partial charge in [0.25, 0.3) is 0 Å². The molecule has 0 aliphatic rings. The summed E-state index contributed by atoms with van der Waals surface area (Å²) in [5.74, 6) is 1.38. The van der Waals surface area contributed by atoms with Crippen molar-refractivity contribution in [3.63, 3.8) is 0 Å². The molecule has 3 aromatic rings. The molecule has 154 valence electrons. The number of nitrogens with one attached hydrogen (secondary N) is 2. The smallest absolute Gasteiger partial charge is 0.241 e. The van der Waals surface area contributed by atoms with Crippen molar-refractivity contribution in [1.29, 1.82) is 0 Å². The zero-order chi connectivity index (χ0) is 20.7. The number of hydrogen-bond acceptors (Lipinski definition) is 6. The van der Waals surface area contributed by atoms with Gasteiger partial charge in [-0.2, -0.15) is 0 Å². The molecule has 8 heteroatoms. The Labute approximate surface area is 171 Å². The summed E-state index contributed by atoms with van der Waals surface area (Å²) in [6.07, 6.45) is 1.62. The van der Waals surface area contributed by atoms with Gasteiger partial charge >= 0.3 is 0 Å². The minimum absolute atomic E-state index is 0.194. The van der Waals surface area contributed by atoms with Crippen molar-refractivity contribution >= 4 is 20.9 Å². The second-order valence-corrected chi connectivity index (χ2v) is 8.05. The van der Waals surface area contributed by atoms with Crippen LogP contribution in [0.4, 0.5) is 0 Å². The molecule has 1 aromatic heterocycles. The molecule has 0 aliphatic carbocycles. The number of pyridine rings is 1. The number of ether oxygens (including phenoxy) is 2. The van der Waals surface area contributed by atoms with Gasteiger partial charge in [-0.15, -0.1) is 0 Å². The number of sulfonamides is 1. The summed E-state index contributed by atoms with van der Waals surface area (Å²) in [6, 6.07) is 14.4. The molecule has 29 heavy (non-hydrogen) atoms. The van der Waals surface area contributed by atoms with E-state index in [-0.39, 0.29) is 11.4 Å². The molecule has 0 unspecified atom stereocenters. The molecule has 1 heterocycles. The molecule has 0 fully saturated rings. The van der Waals surface area contributed by atoms with Gasteiger partial charge in [-0.25, -0.2) is 13.1 Å². The molecule has 0 bridgehead atoms. The molecular formula is C21H25N3O4S. The summed E-state index contributed by atoms with van der Waals surface area (Å²) in [4.78, 5) is 4.48. The molecule has 0 spiro atoms. The van der Waals surface area contributed by atoms with Gasteiger partial charge < -0.3 is 14.8 Å². The van der Waals surface area contributed by atoms with Crippen molar-refractivity contribution < 1.29 is 17.9 Å². The Bertz CT molecular complexity index is 1050. The van der Waals surface area contributed by atoms with Crippen LogP contribution in [0.25, 0.3) is 10.9 Å². The lowest BCUT2D eigenvalue weighted by Gasteiger charge is -2.12. The third-order valence-corrected chi connectivity index (χ3v) is 5.88. The fourth-order valence-electron chi connectivity index (χ4n) is 2.95. The Balaban J connectivity index is 1.61. The minimum atomic E-state index is -3.67. The molecule has 2 aromatic carbocycles. The summed E-state index contributed by atoms with van der Waals surface area (Å²) in [6.45, 7) is 3.77. The Hall–Kier alpha value is -2.68. The highest BCUT2D eigenvalue weighted by atomic mass is 32.2. The highest BCUT2D eigenvalue weighted by Crippen LogP contribution is 2.29. The molecule has 3 rings (SSSR count). The minimum Gasteiger partial charge on any atom is -0.497 e. The Morgan fingerprint density at radius 1 is 1.03 bits per heavy atom. The third-order valence-electron chi connectivity index (χ3n) is 4.36. The third kappa shape index (κ3) is 5.23. The highest BCUT2D eigenvalue weighted by Gasteiger charge is 2.19. The highest BCUT2D eigenvalue weighted by molar-refractivity contribution is 7.89. The summed E-state index contributed by atoms with van der Waals surface area (Å²) in [7, 11) is -2.05. The molecule has 0 saturated carbocycles. The van der Waals surface area contributed by atoms with Crippen LogP contribution < -0.4 is 19.5 Å². The maximum Gasteiger partial charge on any atom is 0.241 e. The van der Waals surface area contributed by atoms with Crippen molar-refractivity contribution in [3.05, 3.63) is 60.3 Å². The molecule has 0 amide bonds. The quantitative estimate of drug-likeness (QED) is 0.495. The Morgan fingerprint density at radius 2 is 1.83 bits per heavy atom. The van der Waals surface area contributed by atoms with Gasteiger partial charge in [-0.05, 0) is 48.9 Å². The first-order valence-electron chi connectivity index (χ1n) is 9.39. The van der Waals surface area contributed by atoms with Gasteiger partial charge in [0.2, 0.25) is 10.0 Å². The van der Waals surface area contributed by atoms with E-state index in [1.165, 1.54) is 0 Å². The van der Waals surface area contributed by atoms with Gasteiger partial charge in [-0.1, -0.05) is 12.1 Å². The van der Waals surface area contributed by atoms with Gasteiger partial charge in [0, 0.05) is 31.2 Å². The maximum absolute atomic E-state index is 12.8. The van der Waals surface area contributed by atoms with E-state index >= 15 is 0 Å². The average Bonchev–Trinajstić information content (AvgIpc) is 2.74. The largest absolute Gasteiger partial charge is 0.497 e. The van der Waals surface area contributed by atoms with Crippen LogP contribution in [0.5, 0.6) is 11.5 Å².